The fraction of sp³-hybridized carbons (Fsp3) is 0.300. The second kappa shape index (κ2) is 9.98. The Bertz CT molecular complexity index is 1570. The van der Waals surface area contributed by atoms with Crippen molar-refractivity contribution in [3.63, 3.8) is 0 Å². The molecule has 0 unspecified atom stereocenters. The summed E-state index contributed by atoms with van der Waals surface area (Å²) in [6.45, 7) is 5.23. The first-order valence-electron chi connectivity index (χ1n) is 13.2. The second-order valence-corrected chi connectivity index (χ2v) is 10.4. The maximum Gasteiger partial charge on any atom is 0.321 e. The maximum atomic E-state index is 12.1. The van der Waals surface area contributed by atoms with Gasteiger partial charge in [0.05, 0.1) is 11.1 Å². The Kier molecular flexibility index (Phi) is 6.34. The van der Waals surface area contributed by atoms with Crippen LogP contribution < -0.4 is 10.5 Å². The number of nitrogens with two attached hydrogens (primary N) is 1. The number of likely N-dealkylation sites (tertiary alicyclic amines) is 1. The minimum Gasteiger partial charge on any atom is -0.424 e. The lowest BCUT2D eigenvalue weighted by Crippen LogP contribution is -2.43. The van der Waals surface area contributed by atoms with Gasteiger partial charge in [0, 0.05) is 38.1 Å². The summed E-state index contributed by atoms with van der Waals surface area (Å²) in [5, 5.41) is 0.854. The van der Waals surface area contributed by atoms with Crippen LogP contribution in [0.5, 0.6) is 11.8 Å². The number of hydrogen-bond donors (Lipinski definition) is 1. The maximum absolute atomic E-state index is 12.1. The van der Waals surface area contributed by atoms with E-state index in [0.29, 0.717) is 17.6 Å². The Morgan fingerprint density at radius 1 is 1.08 bits per heavy atom. The van der Waals surface area contributed by atoms with Gasteiger partial charge in [0.15, 0.2) is 0 Å². The van der Waals surface area contributed by atoms with Gasteiger partial charge in [0.2, 0.25) is 5.91 Å². The van der Waals surface area contributed by atoms with E-state index in [0.717, 1.165) is 73.0 Å². The van der Waals surface area contributed by atoms with Crippen LogP contribution in [-0.2, 0) is 11.8 Å². The summed E-state index contributed by atoms with van der Waals surface area (Å²) in [7, 11) is 2.04. The highest BCUT2D eigenvalue weighted by Crippen LogP contribution is 2.48. The third kappa shape index (κ3) is 4.54. The first-order valence-corrected chi connectivity index (χ1v) is 13.2. The molecular formula is C30H31N7O2. The van der Waals surface area contributed by atoms with Crippen molar-refractivity contribution in [3.8, 4) is 22.9 Å². The van der Waals surface area contributed by atoms with Crippen molar-refractivity contribution in [1.82, 2.24) is 29.4 Å². The molecule has 1 fully saturated rings. The van der Waals surface area contributed by atoms with E-state index in [4.69, 9.17) is 10.5 Å². The summed E-state index contributed by atoms with van der Waals surface area (Å²) < 4.78 is 7.95. The van der Waals surface area contributed by atoms with Crippen LogP contribution in [0.2, 0.25) is 0 Å². The number of rotatable bonds is 5. The SMILES string of the molecule is C=CC(=O)N1CCC2(CC=C(c3c(-c4ccc(Oc5ncccn5)cc4)c4c(N)ncnc4n3C)CC2)CC1. The summed E-state index contributed by atoms with van der Waals surface area (Å²) in [6.07, 6.45) is 13.7. The average molecular weight is 522 g/mol. The minimum absolute atomic E-state index is 0.0310. The van der Waals surface area contributed by atoms with Gasteiger partial charge in [-0.1, -0.05) is 24.8 Å². The van der Waals surface area contributed by atoms with Gasteiger partial charge in [0.25, 0.3) is 0 Å². The third-order valence-electron chi connectivity index (χ3n) is 8.21. The number of amides is 1. The highest BCUT2D eigenvalue weighted by molar-refractivity contribution is 6.06. The third-order valence-corrected chi connectivity index (χ3v) is 8.21. The molecular weight excluding hydrogens is 490 g/mol. The van der Waals surface area contributed by atoms with Gasteiger partial charge in [-0.25, -0.2) is 19.9 Å². The van der Waals surface area contributed by atoms with Crippen LogP contribution in [0.1, 0.15) is 37.8 Å². The zero-order valence-corrected chi connectivity index (χ0v) is 22.0. The molecule has 1 aliphatic heterocycles. The molecule has 9 nitrogen and oxygen atoms in total. The van der Waals surface area contributed by atoms with Crippen molar-refractivity contribution in [1.29, 1.82) is 0 Å². The Hall–Kier alpha value is -4.53. The number of allylic oxidation sites excluding steroid dienone is 2. The molecule has 4 heterocycles. The molecule has 39 heavy (non-hydrogen) atoms. The van der Waals surface area contributed by atoms with Crippen molar-refractivity contribution < 1.29 is 9.53 Å². The van der Waals surface area contributed by atoms with Gasteiger partial charge in [-0.3, -0.25) is 4.79 Å². The molecule has 4 aromatic rings. The lowest BCUT2D eigenvalue weighted by atomic mass is 9.68. The molecule has 0 saturated carbocycles. The van der Waals surface area contributed by atoms with Gasteiger partial charge in [-0.15, -0.1) is 0 Å². The van der Waals surface area contributed by atoms with Crippen LogP contribution in [0.4, 0.5) is 5.82 Å². The standard InChI is InChI=1S/C30H31N7O2/c1-3-23(38)37-17-13-30(14-18-37)11-9-21(10-12-30)26-24(25-27(31)34-19-35-28(25)36(26)2)20-5-7-22(8-6-20)39-29-32-15-4-16-33-29/h3-9,15-16,19H,1,10-14,17-18H2,2H3,(H2,31,34,35). The number of benzene rings is 1. The number of hydrogen-bond acceptors (Lipinski definition) is 7. The molecule has 198 valence electrons. The normalized spacial score (nSPS) is 16.7. The lowest BCUT2D eigenvalue weighted by Gasteiger charge is -2.43. The van der Waals surface area contributed by atoms with E-state index >= 15 is 0 Å². The van der Waals surface area contributed by atoms with Crippen molar-refractivity contribution >= 4 is 28.3 Å². The summed E-state index contributed by atoms with van der Waals surface area (Å²) in [4.78, 5) is 31.2. The Morgan fingerprint density at radius 2 is 1.82 bits per heavy atom. The van der Waals surface area contributed by atoms with E-state index in [-0.39, 0.29) is 11.3 Å². The summed E-state index contributed by atoms with van der Waals surface area (Å²) in [5.74, 6) is 1.14. The zero-order valence-electron chi connectivity index (χ0n) is 22.0. The Labute approximate surface area is 227 Å². The summed E-state index contributed by atoms with van der Waals surface area (Å²) in [6, 6.07) is 9.93. The first-order chi connectivity index (χ1) is 19.0. The molecule has 6 rings (SSSR count). The quantitative estimate of drug-likeness (QED) is 0.361. The van der Waals surface area contributed by atoms with Crippen molar-refractivity contribution in [3.05, 3.63) is 73.5 Å². The molecule has 0 radical (unpaired) electrons. The van der Waals surface area contributed by atoms with Crippen LogP contribution in [0.25, 0.3) is 27.7 Å². The predicted octanol–water partition coefficient (Wildman–Crippen LogP) is 5.16. The molecule has 1 aliphatic carbocycles. The first kappa shape index (κ1) is 24.8. The number of anilines is 1. The molecule has 1 aromatic carbocycles. The molecule has 0 bridgehead atoms. The van der Waals surface area contributed by atoms with E-state index in [2.05, 4.69) is 37.2 Å². The number of ether oxygens (including phenoxy) is 1. The fourth-order valence-corrected chi connectivity index (χ4v) is 6.01. The van der Waals surface area contributed by atoms with Gasteiger partial charge in [-0.05, 0) is 72.9 Å². The monoisotopic (exact) mass is 521 g/mol. The highest BCUT2D eigenvalue weighted by Gasteiger charge is 2.37. The van der Waals surface area contributed by atoms with Crippen LogP contribution in [0.15, 0.2) is 67.8 Å². The molecule has 2 N–H and O–H groups in total. The second-order valence-electron chi connectivity index (χ2n) is 10.4. The number of piperidine rings is 1. The number of carbonyl (C=O) groups is 1. The van der Waals surface area contributed by atoms with Crippen molar-refractivity contribution in [2.75, 3.05) is 18.8 Å². The molecule has 1 spiro atoms. The topological polar surface area (TPSA) is 112 Å². The number of aromatic nitrogens is 5. The minimum atomic E-state index is 0.0310. The van der Waals surface area contributed by atoms with Crippen molar-refractivity contribution in [2.24, 2.45) is 12.5 Å². The zero-order chi connectivity index (χ0) is 27.0. The Balaban J connectivity index is 1.34. The van der Waals surface area contributed by atoms with Crippen LogP contribution in [-0.4, -0.2) is 48.4 Å². The number of fused-ring (bicyclic) bond motifs is 1. The molecule has 1 saturated heterocycles. The van der Waals surface area contributed by atoms with E-state index in [1.54, 1.807) is 18.5 Å². The number of nitrogens with zero attached hydrogens (tertiary/aromatic N) is 6. The van der Waals surface area contributed by atoms with E-state index in [1.807, 2.05) is 36.2 Å². The molecule has 0 atom stereocenters. The van der Waals surface area contributed by atoms with E-state index in [9.17, 15) is 4.79 Å². The van der Waals surface area contributed by atoms with Crippen molar-refractivity contribution in [2.45, 2.75) is 32.1 Å². The number of carbonyl (C=O) groups excluding carboxylic acids is 1. The van der Waals surface area contributed by atoms with Crippen LogP contribution in [0.3, 0.4) is 0 Å². The van der Waals surface area contributed by atoms with Gasteiger partial charge < -0.3 is 19.9 Å². The van der Waals surface area contributed by atoms with Gasteiger partial charge >= 0.3 is 6.01 Å². The lowest BCUT2D eigenvalue weighted by molar-refractivity contribution is -0.128. The summed E-state index contributed by atoms with van der Waals surface area (Å²) in [5.41, 5.74) is 11.9. The van der Waals surface area contributed by atoms with E-state index in [1.165, 1.54) is 18.0 Å². The smallest absolute Gasteiger partial charge is 0.321 e. The van der Waals surface area contributed by atoms with Crippen LogP contribution >= 0.6 is 0 Å². The highest BCUT2D eigenvalue weighted by atomic mass is 16.5. The fourth-order valence-electron chi connectivity index (χ4n) is 6.01. The summed E-state index contributed by atoms with van der Waals surface area (Å²) >= 11 is 0. The Morgan fingerprint density at radius 3 is 2.49 bits per heavy atom. The molecule has 9 heteroatoms. The average Bonchev–Trinajstić information content (AvgIpc) is 3.28. The molecule has 1 amide bonds. The van der Waals surface area contributed by atoms with Gasteiger partial charge in [0.1, 0.15) is 23.5 Å². The van der Waals surface area contributed by atoms with Gasteiger partial charge in [-0.2, -0.15) is 0 Å². The molecule has 2 aliphatic rings. The van der Waals surface area contributed by atoms with E-state index < -0.39 is 0 Å². The predicted molar refractivity (Wildman–Crippen MR) is 151 cm³/mol. The largest absolute Gasteiger partial charge is 0.424 e. The number of aryl methyl sites for hydroxylation is 1. The number of nitrogen functional groups attached to an aromatic ring is 1. The molecule has 3 aromatic heterocycles. The van der Waals surface area contributed by atoms with Crippen LogP contribution in [0, 0.1) is 5.41 Å².